The quantitative estimate of drug-likeness (QED) is 0.0129. The number of alkyl halides is 1. The maximum Gasteiger partial charge on any atom is 0.498 e. The second-order valence-corrected chi connectivity index (χ2v) is 45.8. The molecule has 41 heteroatoms. The molecule has 0 amide bonds. The summed E-state index contributed by atoms with van der Waals surface area (Å²) in [6.45, 7) is 61.3. The molecule has 34 nitrogen and oxygen atoms in total. The van der Waals surface area contributed by atoms with Crippen LogP contribution in [0, 0.1) is 59.2 Å². The highest BCUT2D eigenvalue weighted by Crippen LogP contribution is 2.42. The number of rotatable bonds is 29. The molecule has 0 radical (unpaired) electrons. The molecule has 3 saturated heterocycles. The van der Waals surface area contributed by atoms with Crippen LogP contribution in [0.2, 0.25) is 0 Å². The molecule has 16 rings (SSSR count). The van der Waals surface area contributed by atoms with E-state index in [9.17, 15) is 33.5 Å². The number of H-pyrrole nitrogens is 1. The normalized spacial score (nSPS) is 21.5. The van der Waals surface area contributed by atoms with Gasteiger partial charge in [0.05, 0.1) is 78.5 Å². The summed E-state index contributed by atoms with van der Waals surface area (Å²) in [4.78, 5) is 74.9. The lowest BCUT2D eigenvalue weighted by molar-refractivity contribution is -0.149. The minimum atomic E-state index is -0.877. The number of ether oxygens (including phenoxy) is 7. The molecule has 0 bridgehead atoms. The number of aromatic nitrogens is 14. The van der Waals surface area contributed by atoms with Gasteiger partial charge in [0.1, 0.15) is 23.1 Å². The van der Waals surface area contributed by atoms with Crippen LogP contribution < -0.4 is 30.6 Å². The van der Waals surface area contributed by atoms with Crippen LogP contribution in [0.1, 0.15) is 283 Å². The Balaban J connectivity index is 0.000000208. The Morgan fingerprint density at radius 3 is 0.980 bits per heavy atom. The van der Waals surface area contributed by atoms with Gasteiger partial charge < -0.3 is 71.3 Å². The molecule has 0 spiro atoms. The van der Waals surface area contributed by atoms with E-state index in [-0.39, 0.29) is 89.0 Å². The molecule has 3 aliphatic heterocycles. The summed E-state index contributed by atoms with van der Waals surface area (Å²) in [6, 6.07) is 12.4. The Kier molecular flexibility index (Phi) is 46.5. The Bertz CT molecular complexity index is 5390. The van der Waals surface area contributed by atoms with E-state index >= 15 is 0 Å². The summed E-state index contributed by atoms with van der Waals surface area (Å²) in [5.41, 5.74) is 4.04. The first kappa shape index (κ1) is 123. The number of pyridine rings is 4. The Labute approximate surface area is 894 Å². The molecule has 5 unspecified atom stereocenters. The van der Waals surface area contributed by atoms with Crippen LogP contribution in [0.3, 0.4) is 0 Å². The minimum absolute atomic E-state index is 0.0417. The lowest BCUT2D eigenvalue weighted by Crippen LogP contribution is -2.41. The maximum atomic E-state index is 12.3. The van der Waals surface area contributed by atoms with Crippen molar-refractivity contribution in [2.75, 3.05) is 26.4 Å². The summed E-state index contributed by atoms with van der Waals surface area (Å²) < 4.78 is 93.7. The van der Waals surface area contributed by atoms with E-state index in [1.807, 2.05) is 214 Å². The van der Waals surface area contributed by atoms with Gasteiger partial charge in [-0.15, -0.1) is 0 Å². The molecular formula is C106H157B3Br3FN14O20. The number of aliphatic carboxylic acids is 1. The number of carboxylic acid groups (broad SMARTS) is 1. The summed E-state index contributed by atoms with van der Waals surface area (Å²) >= 11 is 9.70. The zero-order chi connectivity index (χ0) is 109. The molecule has 7 fully saturated rings. The first-order valence-electron chi connectivity index (χ1n) is 51.2. The van der Waals surface area contributed by atoms with Crippen molar-refractivity contribution in [3.8, 4) is 39.9 Å². The molecule has 9 aromatic rings. The van der Waals surface area contributed by atoms with Gasteiger partial charge in [-0.2, -0.15) is 29.9 Å². The number of carbonyl (C=O) groups is 5. The smallest absolute Gasteiger partial charge is 0.480 e. The highest BCUT2D eigenvalue weighted by molar-refractivity contribution is 9.11. The van der Waals surface area contributed by atoms with Crippen molar-refractivity contribution in [1.82, 2.24) is 69.3 Å². The number of hydrogen-bond donors (Lipinski definition) is 3. The highest BCUT2D eigenvalue weighted by Gasteiger charge is 2.55. The van der Waals surface area contributed by atoms with Gasteiger partial charge in [0, 0.05) is 135 Å². The predicted molar refractivity (Wildman–Crippen MR) is 575 cm³/mol. The van der Waals surface area contributed by atoms with E-state index in [1.165, 1.54) is 16.9 Å². The fraction of sp³-hybridized carbons (Fsp3) is 0.623. The number of halogens is 4. The van der Waals surface area contributed by atoms with Gasteiger partial charge >= 0.3 is 51.2 Å². The van der Waals surface area contributed by atoms with Crippen molar-refractivity contribution in [2.24, 2.45) is 53.3 Å². The molecule has 0 aromatic carbocycles. The number of aliphatic hydroxyl groups is 1. The standard InChI is InChI=1S/C20H27N3O3.C18H23N3O3.2C16H27BN2O4.C10H12BrNO.C9H15BN2O2.C7H13BrO2.C5H3BrFN.C5H10O/c1-5-25-20(24)19(13(2)3)23-12-16(11-22-23)15-6-7-21-18(10-15)26-17-8-14(4)9-17;1-11(2)17(18(22)23)21-10-14(9-20-21)13-4-5-19-16(8-13)24-15-6-12(3)7-15;2*1-8-21-14(20)13(11(2)3)19-10-12(9-18-19)17-22-15(4,5)16(6,7)23-17;1-7-4-9(5-7)13-10-6-8(11)2-3-12-10;1-8(2)9(3,4)14-10(13-8)7-5-11-12-6-7;1-4-10-7(9)6(8)5(2)3;6-4-1-2-8-5(7)3-4;1-4-2-5(6)3-4/h6-7,10-14,17,19H,5,8-9H2,1-4H3;4-5,8-12,15,17H,6-7H2,1-3H3,(H,22,23);2*9-11,13H,8H2,1-7H3;2-3,6-7,9H,4-5H2,1H3;5-6H,1-4H3,(H,11,12);5-6H,4H2,1-3H3;1-3H;4-6H,2-3H2,1H3. The van der Waals surface area contributed by atoms with Crippen LogP contribution in [0.5, 0.6) is 17.6 Å². The van der Waals surface area contributed by atoms with Crippen LogP contribution in [0.15, 0.2) is 144 Å². The summed E-state index contributed by atoms with van der Waals surface area (Å²) in [5, 5.41) is 41.9. The monoisotopic (exact) mass is 2230 g/mol. The zero-order valence-electron chi connectivity index (χ0n) is 91.4. The molecule has 147 heavy (non-hydrogen) atoms. The first-order chi connectivity index (χ1) is 68.9. The van der Waals surface area contributed by atoms with Gasteiger partial charge in [-0.3, -0.25) is 28.6 Å². The third-order valence-corrected chi connectivity index (χ3v) is 29.3. The van der Waals surface area contributed by atoms with Crippen LogP contribution >= 0.6 is 47.8 Å². The zero-order valence-corrected chi connectivity index (χ0v) is 96.1. The lowest BCUT2D eigenvalue weighted by Gasteiger charge is -2.32. The SMILES string of the molecule is CC1(C)OB(c2cn[nH]c2)OC1(C)C.CC1CC(O)C1.CC1CC(Oc2cc(-c3cnn(C(C(=O)O)C(C)C)c3)ccn2)C1.CC1CC(Oc2cc(Br)ccn2)C1.CCOC(=O)C(Br)C(C)C.CCOC(=O)C(C(C)C)n1cc(-c2ccnc(OC3CC(C)C3)c2)cn1.CCOC(=O)C(C(C)C)n1cc(B2OC(C)(C)C(C)(C)O2)cn1.CCOC(=O)C(C(C)C)n1cc(B2OC(C)(C)C(C)(C)O2)cn1.Fc1cc(Br)ccn1. The Hall–Kier alpha value is -9.32. The third-order valence-electron chi connectivity index (χ3n) is 26.9. The number of esters is 4. The molecule has 4 saturated carbocycles. The second kappa shape index (κ2) is 55.6. The largest absolute Gasteiger partial charge is 0.498 e. The van der Waals surface area contributed by atoms with E-state index < -0.39 is 72.7 Å². The van der Waals surface area contributed by atoms with Crippen molar-refractivity contribution in [2.45, 2.75) is 346 Å². The molecule has 7 aliphatic rings. The average Bonchev–Trinajstić information content (AvgIpc) is 1.62. The predicted octanol–water partition coefficient (Wildman–Crippen LogP) is 19.6. The number of aliphatic hydroxyl groups excluding tert-OH is 1. The molecule has 5 atom stereocenters. The Morgan fingerprint density at radius 2 is 0.707 bits per heavy atom. The lowest BCUT2D eigenvalue weighted by atomic mass is 9.82. The topological polar surface area (TPSA) is 397 Å². The Morgan fingerprint density at radius 1 is 0.408 bits per heavy atom. The molecule has 808 valence electrons. The van der Waals surface area contributed by atoms with Crippen molar-refractivity contribution in [3.05, 3.63) is 150 Å². The number of nitrogens with zero attached hydrogens (tertiary/aromatic N) is 13. The van der Waals surface area contributed by atoms with E-state index in [4.69, 9.17) is 66.2 Å². The van der Waals surface area contributed by atoms with E-state index in [2.05, 4.69) is 126 Å². The highest BCUT2D eigenvalue weighted by atomic mass is 79.9. The van der Waals surface area contributed by atoms with Crippen molar-refractivity contribution in [3.63, 3.8) is 0 Å². The van der Waals surface area contributed by atoms with Crippen molar-refractivity contribution in [1.29, 1.82) is 0 Å². The van der Waals surface area contributed by atoms with Crippen LogP contribution in [-0.4, -0.2) is 220 Å². The summed E-state index contributed by atoms with van der Waals surface area (Å²) in [6.07, 6.45) is 33.8. The molecule has 12 heterocycles. The second-order valence-electron chi connectivity index (χ2n) is 43.0. The van der Waals surface area contributed by atoms with Gasteiger partial charge in [-0.1, -0.05) is 145 Å². The van der Waals surface area contributed by atoms with Gasteiger partial charge in [-0.25, -0.2) is 39.1 Å². The van der Waals surface area contributed by atoms with E-state index in [0.717, 1.165) is 124 Å². The van der Waals surface area contributed by atoms with Crippen LogP contribution in [0.25, 0.3) is 22.3 Å². The van der Waals surface area contributed by atoms with Crippen molar-refractivity contribution >= 4 is 115 Å². The van der Waals surface area contributed by atoms with Crippen LogP contribution in [0.4, 0.5) is 4.39 Å². The number of carbonyl (C=O) groups excluding carboxylic acids is 4. The maximum absolute atomic E-state index is 12.3. The first-order valence-corrected chi connectivity index (χ1v) is 53.7. The van der Waals surface area contributed by atoms with Gasteiger partial charge in [-0.05, 0) is 251 Å². The van der Waals surface area contributed by atoms with Crippen LogP contribution in [-0.2, 0) is 70.8 Å². The van der Waals surface area contributed by atoms with Crippen molar-refractivity contribution < 1.29 is 99.7 Å². The fourth-order valence-corrected chi connectivity index (χ4v) is 16.8. The molecule has 3 N–H and O–H groups in total. The van der Waals surface area contributed by atoms with Gasteiger partial charge in [0.2, 0.25) is 23.6 Å². The molecule has 9 aromatic heterocycles. The molecular weight excluding hydrogens is 2080 g/mol. The van der Waals surface area contributed by atoms with Gasteiger partial charge in [0.15, 0.2) is 24.2 Å². The number of carboxylic acids is 1. The number of hydrogen-bond acceptors (Lipinski definition) is 28. The minimum Gasteiger partial charge on any atom is -0.480 e. The number of aromatic amines is 1. The van der Waals surface area contributed by atoms with E-state index in [0.29, 0.717) is 54.7 Å². The molecule has 4 aliphatic carbocycles. The van der Waals surface area contributed by atoms with Gasteiger partial charge in [0.25, 0.3) is 0 Å². The fourth-order valence-electron chi connectivity index (χ4n) is 16.1. The average molecular weight is 2240 g/mol. The summed E-state index contributed by atoms with van der Waals surface area (Å²) in [5.74, 6) is 3.20. The number of nitrogens with one attached hydrogen (secondary N) is 1. The third kappa shape index (κ3) is 35.9. The summed E-state index contributed by atoms with van der Waals surface area (Å²) in [7, 11) is -1.27. The van der Waals surface area contributed by atoms with E-state index in [1.54, 1.807) is 103 Å².